The monoisotopic (exact) mass is 184 g/mol. The van der Waals surface area contributed by atoms with E-state index in [0.29, 0.717) is 13.2 Å². The Hall–Kier alpha value is -0.0951. The molecule has 2 fully saturated rings. The van der Waals surface area contributed by atoms with E-state index in [1.165, 1.54) is 0 Å². The molecule has 2 radical (unpaired) electrons. The fourth-order valence-corrected chi connectivity index (χ4v) is 2.16. The van der Waals surface area contributed by atoms with Crippen LogP contribution in [0, 0.1) is 0 Å². The van der Waals surface area contributed by atoms with Crippen molar-refractivity contribution in [3.8, 4) is 0 Å². The molecule has 0 aromatic carbocycles. The molecule has 2 rings (SSSR count). The van der Waals surface area contributed by atoms with Gasteiger partial charge in [0.2, 0.25) is 0 Å². The number of rotatable bonds is 3. The van der Waals surface area contributed by atoms with Crippen molar-refractivity contribution < 1.29 is 18.9 Å². The highest BCUT2D eigenvalue weighted by Gasteiger charge is 2.60. The molecular weight excluding hydrogens is 171 g/mol. The van der Waals surface area contributed by atoms with E-state index in [4.69, 9.17) is 26.8 Å². The van der Waals surface area contributed by atoms with Gasteiger partial charge in [-0.15, -0.1) is 0 Å². The summed E-state index contributed by atoms with van der Waals surface area (Å²) in [6.07, 6.45) is -0.261. The van der Waals surface area contributed by atoms with E-state index in [1.54, 1.807) is 14.2 Å². The predicted molar refractivity (Wildman–Crippen MR) is 45.8 cm³/mol. The van der Waals surface area contributed by atoms with Crippen LogP contribution in [0.1, 0.15) is 0 Å². The highest BCUT2D eigenvalue weighted by atomic mass is 16.7. The Kier molecular flexibility index (Phi) is 2.36. The maximum Gasteiger partial charge on any atom is 0.143 e. The van der Waals surface area contributed by atoms with Crippen LogP contribution in [-0.2, 0) is 18.9 Å². The Morgan fingerprint density at radius 1 is 1.54 bits per heavy atom. The first-order valence-electron chi connectivity index (χ1n) is 4.30. The summed E-state index contributed by atoms with van der Waals surface area (Å²) in [5, 5.41) is 0. The molecule has 72 valence electrons. The molecule has 5 heteroatoms. The standard InChI is InChI=1S/C8H13BO4/c1-10-3-8-4-12-5(6(8)11-2)7(9)13-8/h5-7H,3-4H2,1-2H3/t5?,6?,7?,8-/m0/s1. The molecule has 13 heavy (non-hydrogen) atoms. The topological polar surface area (TPSA) is 36.9 Å². The van der Waals surface area contributed by atoms with Gasteiger partial charge in [0.05, 0.1) is 13.2 Å². The molecule has 0 aliphatic carbocycles. The molecule has 0 N–H and O–H groups in total. The van der Waals surface area contributed by atoms with Crippen LogP contribution in [0.3, 0.4) is 0 Å². The van der Waals surface area contributed by atoms with E-state index in [9.17, 15) is 0 Å². The molecule has 4 atom stereocenters. The molecule has 0 amide bonds. The van der Waals surface area contributed by atoms with Crippen LogP contribution in [0.2, 0.25) is 0 Å². The van der Waals surface area contributed by atoms with Crippen molar-refractivity contribution in [2.45, 2.75) is 23.8 Å². The molecule has 2 aliphatic rings. The van der Waals surface area contributed by atoms with Crippen molar-refractivity contribution in [2.24, 2.45) is 0 Å². The first-order chi connectivity index (χ1) is 6.23. The van der Waals surface area contributed by atoms with Crippen LogP contribution in [0.15, 0.2) is 0 Å². The summed E-state index contributed by atoms with van der Waals surface area (Å²) in [4.78, 5) is 0. The summed E-state index contributed by atoms with van der Waals surface area (Å²) in [5.41, 5.74) is -0.492. The first kappa shape index (κ1) is 9.46. The molecule has 0 aromatic rings. The number of ether oxygens (including phenoxy) is 4. The maximum absolute atomic E-state index is 5.72. The number of hydrogen-bond acceptors (Lipinski definition) is 4. The predicted octanol–water partition coefficient (Wildman–Crippen LogP) is -0.690. The smallest absolute Gasteiger partial charge is 0.143 e. The average molecular weight is 184 g/mol. The number of methoxy groups -OCH3 is 2. The Morgan fingerprint density at radius 3 is 2.85 bits per heavy atom. The van der Waals surface area contributed by atoms with Crippen molar-refractivity contribution in [1.82, 2.24) is 0 Å². The van der Waals surface area contributed by atoms with Gasteiger partial charge in [-0.3, -0.25) is 0 Å². The molecular formula is C8H13BO4. The normalized spacial score (nSPS) is 48.6. The largest absolute Gasteiger partial charge is 0.381 e. The third kappa shape index (κ3) is 1.22. The second-order valence-corrected chi connectivity index (χ2v) is 3.51. The van der Waals surface area contributed by atoms with E-state index in [2.05, 4.69) is 0 Å². The van der Waals surface area contributed by atoms with Gasteiger partial charge in [0.15, 0.2) is 0 Å². The molecule has 3 unspecified atom stereocenters. The molecule has 0 saturated carbocycles. The van der Waals surface area contributed by atoms with Crippen LogP contribution >= 0.6 is 0 Å². The summed E-state index contributed by atoms with van der Waals surface area (Å²) >= 11 is 0. The molecule has 2 aliphatic heterocycles. The van der Waals surface area contributed by atoms with Gasteiger partial charge < -0.3 is 18.9 Å². The summed E-state index contributed by atoms with van der Waals surface area (Å²) in [5.74, 6) is 0. The second kappa shape index (κ2) is 3.24. The Bertz CT molecular complexity index is 201. The van der Waals surface area contributed by atoms with Gasteiger partial charge in [0, 0.05) is 20.2 Å². The summed E-state index contributed by atoms with van der Waals surface area (Å²) in [6.45, 7) is 0.952. The lowest BCUT2D eigenvalue weighted by Gasteiger charge is -2.29. The fraction of sp³-hybridized carbons (Fsp3) is 1.00. The van der Waals surface area contributed by atoms with Crippen LogP contribution in [0.5, 0.6) is 0 Å². The maximum atomic E-state index is 5.72. The van der Waals surface area contributed by atoms with Gasteiger partial charge in [0.1, 0.15) is 25.7 Å². The molecule has 4 nitrogen and oxygen atoms in total. The van der Waals surface area contributed by atoms with Crippen molar-refractivity contribution in [3.05, 3.63) is 0 Å². The summed E-state index contributed by atoms with van der Waals surface area (Å²) in [6, 6.07) is -0.395. The van der Waals surface area contributed by atoms with E-state index >= 15 is 0 Å². The first-order valence-corrected chi connectivity index (χ1v) is 4.30. The van der Waals surface area contributed by atoms with Crippen LogP contribution in [0.4, 0.5) is 0 Å². The van der Waals surface area contributed by atoms with Crippen molar-refractivity contribution in [2.75, 3.05) is 27.4 Å². The zero-order chi connectivity index (χ0) is 9.47. The lowest BCUT2D eigenvalue weighted by Crippen LogP contribution is -2.45. The number of hydrogen-bond donors (Lipinski definition) is 0. The van der Waals surface area contributed by atoms with Crippen molar-refractivity contribution >= 4 is 7.85 Å². The molecule has 0 spiro atoms. The Morgan fingerprint density at radius 2 is 2.31 bits per heavy atom. The minimum Gasteiger partial charge on any atom is -0.381 e. The van der Waals surface area contributed by atoms with Gasteiger partial charge in [0.25, 0.3) is 0 Å². The third-order valence-electron chi connectivity index (χ3n) is 2.67. The summed E-state index contributed by atoms with van der Waals surface area (Å²) < 4.78 is 21.5. The molecule has 2 saturated heterocycles. The van der Waals surface area contributed by atoms with Gasteiger partial charge in [-0.2, -0.15) is 0 Å². The van der Waals surface area contributed by atoms with E-state index in [-0.39, 0.29) is 12.2 Å². The van der Waals surface area contributed by atoms with Crippen LogP contribution in [-0.4, -0.2) is 59.1 Å². The Labute approximate surface area is 78.9 Å². The SMILES string of the molecule is [B]C1O[C@@]2(COC)COC1C2OC. The van der Waals surface area contributed by atoms with E-state index < -0.39 is 11.6 Å². The van der Waals surface area contributed by atoms with Crippen molar-refractivity contribution in [3.63, 3.8) is 0 Å². The minimum atomic E-state index is -0.492. The fourth-order valence-electron chi connectivity index (χ4n) is 2.16. The van der Waals surface area contributed by atoms with E-state index in [1.807, 2.05) is 0 Å². The van der Waals surface area contributed by atoms with Gasteiger partial charge in [-0.25, -0.2) is 0 Å². The zero-order valence-electron chi connectivity index (χ0n) is 7.86. The van der Waals surface area contributed by atoms with Crippen LogP contribution < -0.4 is 0 Å². The van der Waals surface area contributed by atoms with Gasteiger partial charge in [-0.1, -0.05) is 0 Å². The van der Waals surface area contributed by atoms with E-state index in [0.717, 1.165) is 0 Å². The molecule has 0 aromatic heterocycles. The molecule has 2 heterocycles. The van der Waals surface area contributed by atoms with Crippen LogP contribution in [0.25, 0.3) is 0 Å². The highest BCUT2D eigenvalue weighted by Crippen LogP contribution is 2.40. The minimum absolute atomic E-state index is 0.109. The quantitative estimate of drug-likeness (QED) is 0.544. The third-order valence-corrected chi connectivity index (χ3v) is 2.67. The van der Waals surface area contributed by atoms with Gasteiger partial charge in [-0.05, 0) is 0 Å². The summed E-state index contributed by atoms with van der Waals surface area (Å²) in [7, 11) is 8.98. The zero-order valence-corrected chi connectivity index (χ0v) is 7.86. The number of fused-ring (bicyclic) bond motifs is 2. The highest BCUT2D eigenvalue weighted by molar-refractivity contribution is 6.11. The van der Waals surface area contributed by atoms with Crippen molar-refractivity contribution in [1.29, 1.82) is 0 Å². The lowest BCUT2D eigenvalue weighted by atomic mass is 9.92. The molecule has 2 bridgehead atoms. The second-order valence-electron chi connectivity index (χ2n) is 3.51. The Balaban J connectivity index is 2.17. The lowest BCUT2D eigenvalue weighted by molar-refractivity contribution is -0.144. The average Bonchev–Trinajstić information content (AvgIpc) is 2.55. The van der Waals surface area contributed by atoms with Gasteiger partial charge >= 0.3 is 0 Å².